The van der Waals surface area contributed by atoms with Gasteiger partial charge >= 0.3 is 0 Å². The molecule has 0 aliphatic heterocycles. The normalized spacial score (nSPS) is 21.3. The summed E-state index contributed by atoms with van der Waals surface area (Å²) in [6.07, 6.45) is 3.79. The molecule has 1 unspecified atom stereocenters. The maximum absolute atomic E-state index is 8.79. The van der Waals surface area contributed by atoms with Crippen molar-refractivity contribution in [1.82, 2.24) is 10.3 Å². The van der Waals surface area contributed by atoms with Crippen LogP contribution in [0.3, 0.4) is 0 Å². The summed E-state index contributed by atoms with van der Waals surface area (Å²) < 4.78 is 0. The van der Waals surface area contributed by atoms with E-state index in [0.717, 1.165) is 30.8 Å². The number of nitrogens with one attached hydrogen (secondary N) is 1. The van der Waals surface area contributed by atoms with Crippen molar-refractivity contribution in [2.24, 2.45) is 5.41 Å². The molecule has 98 valence electrons. The molecule has 0 amide bonds. The van der Waals surface area contributed by atoms with Crippen LogP contribution in [-0.4, -0.2) is 11.5 Å². The van der Waals surface area contributed by atoms with Gasteiger partial charge in [-0.1, -0.05) is 20.8 Å². The van der Waals surface area contributed by atoms with Crippen LogP contribution < -0.4 is 5.32 Å². The third-order valence-corrected chi connectivity index (χ3v) is 4.57. The van der Waals surface area contributed by atoms with E-state index in [-0.39, 0.29) is 0 Å². The van der Waals surface area contributed by atoms with Gasteiger partial charge in [0.15, 0.2) is 0 Å². The summed E-state index contributed by atoms with van der Waals surface area (Å²) in [7, 11) is 0. The first-order chi connectivity index (χ1) is 8.55. The number of aromatic nitrogens is 1. The second-order valence-electron chi connectivity index (χ2n) is 5.81. The molecule has 1 aromatic rings. The zero-order valence-electron chi connectivity index (χ0n) is 11.4. The molecule has 0 radical (unpaired) electrons. The summed E-state index contributed by atoms with van der Waals surface area (Å²) in [4.78, 5) is 6.02. The summed E-state index contributed by atoms with van der Waals surface area (Å²) >= 11 is 1.72. The Balaban J connectivity index is 2.26. The van der Waals surface area contributed by atoms with Crippen LogP contribution in [0.1, 0.15) is 55.2 Å². The second kappa shape index (κ2) is 5.38. The molecule has 18 heavy (non-hydrogen) atoms. The molecule has 1 aliphatic carbocycles. The number of nitriles is 1. The highest BCUT2D eigenvalue weighted by Crippen LogP contribution is 2.43. The van der Waals surface area contributed by atoms with Crippen molar-refractivity contribution in [2.45, 2.75) is 52.5 Å². The third kappa shape index (κ3) is 2.90. The molecule has 2 rings (SSSR count). The maximum atomic E-state index is 8.79. The van der Waals surface area contributed by atoms with Gasteiger partial charge in [0.2, 0.25) is 0 Å². The van der Waals surface area contributed by atoms with Gasteiger partial charge in [-0.25, -0.2) is 4.98 Å². The first kappa shape index (κ1) is 13.5. The van der Waals surface area contributed by atoms with Crippen LogP contribution in [0.2, 0.25) is 0 Å². The van der Waals surface area contributed by atoms with E-state index in [2.05, 4.69) is 37.1 Å². The molecule has 1 heterocycles. The molecular weight excluding hydrogens is 242 g/mol. The predicted octanol–water partition coefficient (Wildman–Crippen LogP) is 3.22. The fraction of sp³-hybridized carbons (Fsp3) is 0.714. The minimum Gasteiger partial charge on any atom is -0.309 e. The molecule has 1 atom stereocenters. The Morgan fingerprint density at radius 3 is 3.00 bits per heavy atom. The van der Waals surface area contributed by atoms with Crippen LogP contribution in [0.4, 0.5) is 0 Å². The fourth-order valence-corrected chi connectivity index (χ4v) is 3.70. The van der Waals surface area contributed by atoms with Gasteiger partial charge in [0.05, 0.1) is 18.2 Å². The first-order valence-corrected chi connectivity index (χ1v) is 7.46. The van der Waals surface area contributed by atoms with Crippen LogP contribution in [-0.2, 0) is 12.8 Å². The minimum absolute atomic E-state index is 0.302. The Hall–Kier alpha value is -0.920. The van der Waals surface area contributed by atoms with Gasteiger partial charge in [-0.15, -0.1) is 11.3 Å². The van der Waals surface area contributed by atoms with Gasteiger partial charge in [0.1, 0.15) is 5.01 Å². The maximum Gasteiger partial charge on any atom is 0.107 e. The summed E-state index contributed by atoms with van der Waals surface area (Å²) in [6, 6.07) is 2.62. The molecule has 1 aromatic heterocycles. The molecule has 1 aliphatic rings. The largest absolute Gasteiger partial charge is 0.309 e. The summed E-state index contributed by atoms with van der Waals surface area (Å²) in [6.45, 7) is 7.85. The molecule has 3 nitrogen and oxygen atoms in total. The van der Waals surface area contributed by atoms with E-state index in [1.54, 1.807) is 11.3 Å². The van der Waals surface area contributed by atoms with Crippen molar-refractivity contribution in [1.29, 1.82) is 5.26 Å². The number of fused-ring (bicyclic) bond motifs is 1. The minimum atomic E-state index is 0.302. The highest BCUT2D eigenvalue weighted by molar-refractivity contribution is 7.11. The molecule has 0 saturated carbocycles. The first-order valence-electron chi connectivity index (χ1n) is 6.64. The van der Waals surface area contributed by atoms with Crippen molar-refractivity contribution in [3.63, 3.8) is 0 Å². The zero-order valence-corrected chi connectivity index (χ0v) is 12.2. The lowest BCUT2D eigenvalue weighted by Crippen LogP contribution is -2.33. The van der Waals surface area contributed by atoms with E-state index in [1.807, 2.05) is 0 Å². The molecule has 0 spiro atoms. The van der Waals surface area contributed by atoms with E-state index in [9.17, 15) is 0 Å². The molecule has 0 fully saturated rings. The van der Waals surface area contributed by atoms with Crippen LogP contribution in [0.15, 0.2) is 0 Å². The van der Waals surface area contributed by atoms with Crippen molar-refractivity contribution in [3.05, 3.63) is 15.6 Å². The number of nitrogens with zero attached hydrogens (tertiary/aromatic N) is 2. The lowest BCUT2D eigenvalue weighted by molar-refractivity contribution is 0.258. The van der Waals surface area contributed by atoms with Crippen LogP contribution >= 0.6 is 11.3 Å². The third-order valence-electron chi connectivity index (χ3n) is 3.36. The number of thiazole rings is 1. The number of hydrogen-bond donors (Lipinski definition) is 1. The highest BCUT2D eigenvalue weighted by Gasteiger charge is 2.34. The standard InChI is InChI=1S/C14H21N3S/c1-4-7-16-10-8-14(2,3)9-11-13(10)18-12(17-11)5-6-15/h10,16H,4-5,7-9H2,1-3H3. The molecule has 0 saturated heterocycles. The second-order valence-corrected chi connectivity index (χ2v) is 6.92. The highest BCUT2D eigenvalue weighted by atomic mass is 32.1. The van der Waals surface area contributed by atoms with Crippen molar-refractivity contribution >= 4 is 11.3 Å². The fourth-order valence-electron chi connectivity index (χ4n) is 2.61. The monoisotopic (exact) mass is 263 g/mol. The molecule has 0 bridgehead atoms. The summed E-state index contributed by atoms with van der Waals surface area (Å²) in [5.74, 6) is 0. The predicted molar refractivity (Wildman–Crippen MR) is 74.6 cm³/mol. The number of hydrogen-bond acceptors (Lipinski definition) is 4. The Kier molecular flexibility index (Phi) is 4.04. The molecule has 4 heteroatoms. The van der Waals surface area contributed by atoms with Crippen molar-refractivity contribution < 1.29 is 0 Å². The average molecular weight is 263 g/mol. The quantitative estimate of drug-likeness (QED) is 0.907. The summed E-state index contributed by atoms with van der Waals surface area (Å²) in [5, 5.41) is 13.4. The van der Waals surface area contributed by atoms with Gasteiger partial charge in [-0.05, 0) is 31.2 Å². The van der Waals surface area contributed by atoms with Gasteiger partial charge in [0.25, 0.3) is 0 Å². The van der Waals surface area contributed by atoms with E-state index in [1.165, 1.54) is 10.6 Å². The average Bonchev–Trinajstić information content (AvgIpc) is 2.67. The smallest absolute Gasteiger partial charge is 0.107 e. The van der Waals surface area contributed by atoms with Gasteiger partial charge in [-0.3, -0.25) is 0 Å². The topological polar surface area (TPSA) is 48.7 Å². The van der Waals surface area contributed by atoms with Crippen LogP contribution in [0.25, 0.3) is 0 Å². The van der Waals surface area contributed by atoms with E-state index < -0.39 is 0 Å². The Labute approximate surface area is 113 Å². The Morgan fingerprint density at radius 1 is 1.56 bits per heavy atom. The van der Waals surface area contributed by atoms with Crippen LogP contribution in [0.5, 0.6) is 0 Å². The van der Waals surface area contributed by atoms with E-state index in [0.29, 0.717) is 17.9 Å². The Morgan fingerprint density at radius 2 is 2.33 bits per heavy atom. The lowest BCUT2D eigenvalue weighted by Gasteiger charge is -2.34. The summed E-state index contributed by atoms with van der Waals surface area (Å²) in [5.41, 5.74) is 1.52. The van der Waals surface area contributed by atoms with E-state index >= 15 is 0 Å². The van der Waals surface area contributed by atoms with Crippen molar-refractivity contribution in [3.8, 4) is 6.07 Å². The lowest BCUT2D eigenvalue weighted by atomic mass is 9.76. The van der Waals surface area contributed by atoms with Crippen LogP contribution in [0, 0.1) is 16.7 Å². The van der Waals surface area contributed by atoms with Crippen molar-refractivity contribution in [2.75, 3.05) is 6.54 Å². The van der Waals surface area contributed by atoms with Gasteiger partial charge < -0.3 is 5.32 Å². The SMILES string of the molecule is CCCNC1CC(C)(C)Cc2nc(CC#N)sc21. The zero-order chi connectivity index (χ0) is 13.2. The van der Waals surface area contributed by atoms with Gasteiger partial charge in [-0.2, -0.15) is 5.26 Å². The van der Waals surface area contributed by atoms with E-state index in [4.69, 9.17) is 5.26 Å². The molecule has 0 aromatic carbocycles. The molecule has 1 N–H and O–H groups in total. The molecular formula is C14H21N3S. The van der Waals surface area contributed by atoms with Gasteiger partial charge in [0, 0.05) is 10.9 Å². The Bertz CT molecular complexity index is 456. The number of rotatable bonds is 4.